The van der Waals surface area contributed by atoms with E-state index >= 15 is 0 Å². The van der Waals surface area contributed by atoms with Crippen molar-refractivity contribution >= 4 is 28.9 Å². The zero-order valence-corrected chi connectivity index (χ0v) is 15.0. The topological polar surface area (TPSA) is 108 Å². The van der Waals surface area contributed by atoms with Crippen molar-refractivity contribution in [2.24, 2.45) is 0 Å². The molecular formula is C18H18N2O7. The van der Waals surface area contributed by atoms with Gasteiger partial charge >= 0.3 is 17.6 Å². The van der Waals surface area contributed by atoms with E-state index in [1.807, 2.05) is 0 Å². The first-order valence-corrected chi connectivity index (χ1v) is 7.91. The third-order valence-electron chi connectivity index (χ3n) is 3.59. The number of amides is 1. The van der Waals surface area contributed by atoms with Gasteiger partial charge in [0.05, 0.1) is 31.4 Å². The van der Waals surface area contributed by atoms with Crippen LogP contribution in [0.1, 0.15) is 6.92 Å². The summed E-state index contributed by atoms with van der Waals surface area (Å²) in [6.07, 6.45) is 0. The summed E-state index contributed by atoms with van der Waals surface area (Å²) in [5, 5.41) is 11.4. The molecule has 0 unspecified atom stereocenters. The number of nitro benzene ring substituents is 1. The van der Waals surface area contributed by atoms with Gasteiger partial charge in [0.1, 0.15) is 5.75 Å². The second kappa shape index (κ2) is 8.65. The number of esters is 1. The Labute approximate surface area is 155 Å². The second-order valence-electron chi connectivity index (χ2n) is 5.15. The maximum absolute atomic E-state index is 12.7. The Morgan fingerprint density at radius 1 is 1.07 bits per heavy atom. The molecule has 0 heterocycles. The van der Waals surface area contributed by atoms with E-state index in [2.05, 4.69) is 0 Å². The van der Waals surface area contributed by atoms with Crippen LogP contribution in [0.2, 0.25) is 0 Å². The molecule has 0 aromatic heterocycles. The summed E-state index contributed by atoms with van der Waals surface area (Å²) < 4.78 is 15.1. The lowest BCUT2D eigenvalue weighted by Gasteiger charge is -2.24. The molecule has 27 heavy (non-hydrogen) atoms. The predicted molar refractivity (Wildman–Crippen MR) is 96.4 cm³/mol. The van der Waals surface area contributed by atoms with Crippen molar-refractivity contribution in [2.45, 2.75) is 6.92 Å². The molecule has 0 aliphatic carbocycles. The van der Waals surface area contributed by atoms with Crippen molar-refractivity contribution in [3.8, 4) is 11.5 Å². The third-order valence-corrected chi connectivity index (χ3v) is 3.59. The van der Waals surface area contributed by atoms with E-state index in [-0.39, 0.29) is 29.5 Å². The van der Waals surface area contributed by atoms with E-state index in [1.54, 1.807) is 37.3 Å². The van der Waals surface area contributed by atoms with E-state index in [9.17, 15) is 19.7 Å². The van der Waals surface area contributed by atoms with Gasteiger partial charge in [-0.2, -0.15) is 0 Å². The number of nitro groups is 1. The Kier molecular flexibility index (Phi) is 6.32. The van der Waals surface area contributed by atoms with Crippen LogP contribution in [-0.4, -0.2) is 37.6 Å². The van der Waals surface area contributed by atoms with E-state index in [0.717, 1.165) is 11.0 Å². The smallest absolute Gasteiger partial charge is 0.397 e. The largest absolute Gasteiger partial charge is 0.494 e. The summed E-state index contributed by atoms with van der Waals surface area (Å²) in [6, 6.07) is 10.6. The van der Waals surface area contributed by atoms with Crippen LogP contribution in [0.3, 0.4) is 0 Å². The first-order valence-electron chi connectivity index (χ1n) is 7.91. The Balaban J connectivity index is 2.71. The maximum atomic E-state index is 12.7. The van der Waals surface area contributed by atoms with Crippen LogP contribution < -0.4 is 14.4 Å². The number of rotatable bonds is 6. The van der Waals surface area contributed by atoms with Gasteiger partial charge in [-0.05, 0) is 19.1 Å². The van der Waals surface area contributed by atoms with E-state index in [1.165, 1.54) is 20.3 Å². The zero-order chi connectivity index (χ0) is 20.0. The number of hydrogen-bond donors (Lipinski definition) is 0. The monoisotopic (exact) mass is 374 g/mol. The fourth-order valence-corrected chi connectivity index (χ4v) is 2.41. The number of para-hydroxylation sites is 1. The predicted octanol–water partition coefficient (Wildman–Crippen LogP) is 2.84. The van der Waals surface area contributed by atoms with Crippen LogP contribution in [0.4, 0.5) is 17.1 Å². The lowest BCUT2D eigenvalue weighted by Crippen LogP contribution is -2.34. The molecule has 9 heteroatoms. The highest BCUT2D eigenvalue weighted by Gasteiger charge is 2.31. The highest BCUT2D eigenvalue weighted by atomic mass is 16.6. The van der Waals surface area contributed by atoms with Crippen molar-refractivity contribution < 1.29 is 28.7 Å². The van der Waals surface area contributed by atoms with Crippen molar-refractivity contribution in [3.63, 3.8) is 0 Å². The van der Waals surface area contributed by atoms with Gasteiger partial charge in [-0.15, -0.1) is 0 Å². The Hall–Kier alpha value is -3.62. The van der Waals surface area contributed by atoms with Gasteiger partial charge in [-0.25, -0.2) is 4.79 Å². The van der Waals surface area contributed by atoms with Gasteiger partial charge in [0, 0.05) is 17.8 Å². The fourth-order valence-electron chi connectivity index (χ4n) is 2.41. The number of hydrogen-bond acceptors (Lipinski definition) is 7. The molecule has 2 aromatic carbocycles. The van der Waals surface area contributed by atoms with Crippen molar-refractivity contribution in [2.75, 3.05) is 25.7 Å². The van der Waals surface area contributed by atoms with Crippen LogP contribution in [-0.2, 0) is 14.3 Å². The summed E-state index contributed by atoms with van der Waals surface area (Å²) in [4.78, 5) is 36.5. The summed E-state index contributed by atoms with van der Waals surface area (Å²) in [5.74, 6) is -2.04. The third kappa shape index (κ3) is 4.14. The van der Waals surface area contributed by atoms with Crippen molar-refractivity contribution in [1.29, 1.82) is 0 Å². The van der Waals surface area contributed by atoms with Gasteiger partial charge < -0.3 is 14.2 Å². The fraction of sp³-hybridized carbons (Fsp3) is 0.222. The molecule has 0 N–H and O–H groups in total. The molecule has 2 aromatic rings. The maximum Gasteiger partial charge on any atom is 0.397 e. The minimum Gasteiger partial charge on any atom is -0.494 e. The average Bonchev–Trinajstić information content (AvgIpc) is 2.68. The van der Waals surface area contributed by atoms with Crippen LogP contribution in [0.15, 0.2) is 42.5 Å². The van der Waals surface area contributed by atoms with Gasteiger partial charge in [-0.3, -0.25) is 19.8 Å². The van der Waals surface area contributed by atoms with Crippen molar-refractivity contribution in [1.82, 2.24) is 0 Å². The number of benzene rings is 2. The molecule has 0 aliphatic rings. The molecule has 0 atom stereocenters. The first-order chi connectivity index (χ1) is 12.9. The minimum absolute atomic E-state index is 0.00704. The van der Waals surface area contributed by atoms with Crippen LogP contribution >= 0.6 is 0 Å². The lowest BCUT2D eigenvalue weighted by atomic mass is 10.2. The Bertz CT molecular complexity index is 852. The Morgan fingerprint density at radius 3 is 2.22 bits per heavy atom. The molecule has 0 radical (unpaired) electrons. The SMILES string of the molecule is CCOC(=O)C(=O)N(c1ccccc1)c1cc([N+](=O)[O-])c(OC)cc1OC. The Morgan fingerprint density at radius 2 is 1.70 bits per heavy atom. The zero-order valence-electron chi connectivity index (χ0n) is 15.0. The standard InChI is InChI=1S/C18H18N2O7/c1-4-27-18(22)17(21)19(12-8-6-5-7-9-12)13-10-14(20(23)24)16(26-3)11-15(13)25-2/h5-11H,4H2,1-3H3. The molecule has 0 spiro atoms. The molecule has 0 fully saturated rings. The molecule has 0 saturated heterocycles. The molecular weight excluding hydrogens is 356 g/mol. The number of ether oxygens (including phenoxy) is 3. The summed E-state index contributed by atoms with van der Waals surface area (Å²) >= 11 is 0. The molecule has 9 nitrogen and oxygen atoms in total. The average molecular weight is 374 g/mol. The molecule has 2 rings (SSSR count). The molecule has 142 valence electrons. The number of anilines is 2. The van der Waals surface area contributed by atoms with E-state index < -0.39 is 16.8 Å². The van der Waals surface area contributed by atoms with Gasteiger partial charge in [-0.1, -0.05) is 18.2 Å². The van der Waals surface area contributed by atoms with Gasteiger partial charge in [0.2, 0.25) is 5.75 Å². The second-order valence-corrected chi connectivity index (χ2v) is 5.15. The number of nitrogens with zero attached hydrogens (tertiary/aromatic N) is 2. The normalized spacial score (nSPS) is 10.0. The quantitative estimate of drug-likeness (QED) is 0.331. The summed E-state index contributed by atoms with van der Waals surface area (Å²) in [6.45, 7) is 1.57. The van der Waals surface area contributed by atoms with Crippen molar-refractivity contribution in [3.05, 3.63) is 52.6 Å². The molecule has 0 saturated carbocycles. The minimum atomic E-state index is -1.10. The summed E-state index contributed by atoms with van der Waals surface area (Å²) in [5.41, 5.74) is -0.0616. The molecule has 1 amide bonds. The molecule has 0 bridgehead atoms. The van der Waals surface area contributed by atoms with Crippen LogP contribution in [0.5, 0.6) is 11.5 Å². The number of carbonyl (C=O) groups is 2. The number of methoxy groups -OCH3 is 2. The first kappa shape index (κ1) is 19.7. The number of carbonyl (C=O) groups excluding carboxylic acids is 2. The van der Waals surface area contributed by atoms with E-state index in [4.69, 9.17) is 14.2 Å². The van der Waals surface area contributed by atoms with Gasteiger partial charge in [0.15, 0.2) is 0 Å². The molecule has 0 aliphatic heterocycles. The van der Waals surface area contributed by atoms with Crippen LogP contribution in [0.25, 0.3) is 0 Å². The highest BCUT2D eigenvalue weighted by Crippen LogP contribution is 2.42. The van der Waals surface area contributed by atoms with E-state index in [0.29, 0.717) is 5.69 Å². The highest BCUT2D eigenvalue weighted by molar-refractivity contribution is 6.40. The lowest BCUT2D eigenvalue weighted by molar-refractivity contribution is -0.385. The van der Waals surface area contributed by atoms with Crippen LogP contribution in [0, 0.1) is 10.1 Å². The van der Waals surface area contributed by atoms with Gasteiger partial charge in [0.25, 0.3) is 0 Å². The summed E-state index contributed by atoms with van der Waals surface area (Å²) in [7, 11) is 2.61.